The van der Waals surface area contributed by atoms with E-state index >= 15 is 0 Å². The molecule has 0 bridgehead atoms. The van der Waals surface area contributed by atoms with E-state index in [4.69, 9.17) is 9.47 Å². The summed E-state index contributed by atoms with van der Waals surface area (Å²) in [6.45, 7) is 4.27. The number of hydrogen-bond donors (Lipinski definition) is 0. The van der Waals surface area contributed by atoms with Gasteiger partial charge in [-0.25, -0.2) is 0 Å². The van der Waals surface area contributed by atoms with Gasteiger partial charge in [-0.2, -0.15) is 0 Å². The van der Waals surface area contributed by atoms with Gasteiger partial charge >= 0.3 is 0 Å². The third-order valence-corrected chi connectivity index (χ3v) is 4.03. The minimum Gasteiger partial charge on any atom is -0.344 e. The smallest absolute Gasteiger partial charge is 0.169 e. The van der Waals surface area contributed by atoms with Gasteiger partial charge in [0, 0.05) is 12.8 Å². The van der Waals surface area contributed by atoms with Crippen LogP contribution < -0.4 is 0 Å². The van der Waals surface area contributed by atoms with Gasteiger partial charge in [0.2, 0.25) is 0 Å². The standard InChI is InChI=1S/C15H20O2/c1-11-7-3-4-8-13(11)14-12(2)16-15(17-14)9-5-6-10-15/h3-4,7-8,12,14H,5-6,9-10H2,1-2H3/t12-,14+/m1/s1. The van der Waals surface area contributed by atoms with E-state index in [2.05, 4.69) is 38.1 Å². The van der Waals surface area contributed by atoms with Crippen molar-refractivity contribution in [2.24, 2.45) is 0 Å². The summed E-state index contributed by atoms with van der Waals surface area (Å²) in [5.41, 5.74) is 2.58. The molecule has 1 spiro atoms. The van der Waals surface area contributed by atoms with Crippen LogP contribution in [0.4, 0.5) is 0 Å². The fraction of sp³-hybridized carbons (Fsp3) is 0.600. The lowest BCUT2D eigenvalue weighted by Gasteiger charge is -2.22. The molecule has 92 valence electrons. The Morgan fingerprint density at radius 2 is 1.82 bits per heavy atom. The van der Waals surface area contributed by atoms with Crippen molar-refractivity contribution in [1.29, 1.82) is 0 Å². The molecule has 1 aliphatic heterocycles. The molecule has 3 rings (SSSR count). The highest BCUT2D eigenvalue weighted by Crippen LogP contribution is 2.47. The highest BCUT2D eigenvalue weighted by atomic mass is 16.8. The Balaban J connectivity index is 1.87. The third-order valence-electron chi connectivity index (χ3n) is 4.03. The maximum absolute atomic E-state index is 6.27. The third kappa shape index (κ3) is 1.90. The first kappa shape index (κ1) is 11.2. The lowest BCUT2D eigenvalue weighted by atomic mass is 10.0. The highest BCUT2D eigenvalue weighted by Gasteiger charge is 2.48. The molecular weight excluding hydrogens is 212 g/mol. The van der Waals surface area contributed by atoms with Crippen molar-refractivity contribution < 1.29 is 9.47 Å². The van der Waals surface area contributed by atoms with Crippen LogP contribution in [0.5, 0.6) is 0 Å². The molecule has 1 aromatic carbocycles. The molecule has 2 atom stereocenters. The predicted octanol–water partition coefficient (Wildman–Crippen LogP) is 3.74. The molecule has 0 unspecified atom stereocenters. The molecule has 1 aliphatic carbocycles. The van der Waals surface area contributed by atoms with Gasteiger partial charge in [-0.1, -0.05) is 24.3 Å². The second-order valence-corrected chi connectivity index (χ2v) is 5.34. The van der Waals surface area contributed by atoms with Crippen LogP contribution in [0.25, 0.3) is 0 Å². The van der Waals surface area contributed by atoms with Gasteiger partial charge in [0.1, 0.15) is 6.10 Å². The largest absolute Gasteiger partial charge is 0.344 e. The van der Waals surface area contributed by atoms with Crippen LogP contribution in [-0.4, -0.2) is 11.9 Å². The highest BCUT2D eigenvalue weighted by molar-refractivity contribution is 5.29. The van der Waals surface area contributed by atoms with Crippen LogP contribution in [0.1, 0.15) is 49.8 Å². The Morgan fingerprint density at radius 1 is 1.12 bits per heavy atom. The number of benzene rings is 1. The van der Waals surface area contributed by atoms with Crippen molar-refractivity contribution in [2.75, 3.05) is 0 Å². The first-order valence-corrected chi connectivity index (χ1v) is 6.61. The molecule has 1 saturated heterocycles. The normalized spacial score (nSPS) is 31.2. The monoisotopic (exact) mass is 232 g/mol. The summed E-state index contributed by atoms with van der Waals surface area (Å²) in [4.78, 5) is 0. The van der Waals surface area contributed by atoms with Crippen molar-refractivity contribution in [2.45, 2.75) is 57.5 Å². The van der Waals surface area contributed by atoms with Gasteiger partial charge in [0.25, 0.3) is 0 Å². The summed E-state index contributed by atoms with van der Waals surface area (Å²) in [5.74, 6) is -0.271. The van der Waals surface area contributed by atoms with E-state index in [1.54, 1.807) is 0 Å². The number of hydrogen-bond acceptors (Lipinski definition) is 2. The molecule has 2 heteroatoms. The van der Waals surface area contributed by atoms with Gasteiger partial charge in [0.15, 0.2) is 5.79 Å². The molecule has 1 saturated carbocycles. The van der Waals surface area contributed by atoms with Crippen LogP contribution in [0.3, 0.4) is 0 Å². The first-order chi connectivity index (χ1) is 8.20. The lowest BCUT2D eigenvalue weighted by molar-refractivity contribution is -0.168. The van der Waals surface area contributed by atoms with E-state index in [9.17, 15) is 0 Å². The maximum Gasteiger partial charge on any atom is 0.169 e. The van der Waals surface area contributed by atoms with Gasteiger partial charge in [-0.3, -0.25) is 0 Å². The fourth-order valence-electron chi connectivity index (χ4n) is 3.13. The van der Waals surface area contributed by atoms with E-state index in [0.717, 1.165) is 12.8 Å². The summed E-state index contributed by atoms with van der Waals surface area (Å²) in [5, 5.41) is 0. The SMILES string of the molecule is Cc1ccccc1[C@H]1OC2(CCCC2)O[C@@H]1C. The van der Waals surface area contributed by atoms with Gasteiger partial charge in [-0.15, -0.1) is 0 Å². The van der Waals surface area contributed by atoms with Crippen LogP contribution in [0.2, 0.25) is 0 Å². The molecule has 0 N–H and O–H groups in total. The molecule has 17 heavy (non-hydrogen) atoms. The zero-order valence-corrected chi connectivity index (χ0v) is 10.6. The van der Waals surface area contributed by atoms with E-state index < -0.39 is 0 Å². The van der Waals surface area contributed by atoms with Crippen molar-refractivity contribution >= 4 is 0 Å². The Hall–Kier alpha value is -0.860. The fourth-order valence-corrected chi connectivity index (χ4v) is 3.13. The van der Waals surface area contributed by atoms with Gasteiger partial charge in [-0.05, 0) is 37.8 Å². The number of ether oxygens (including phenoxy) is 2. The second kappa shape index (κ2) is 4.11. The summed E-state index contributed by atoms with van der Waals surface area (Å²) in [6, 6.07) is 8.46. The molecule has 0 amide bonds. The molecule has 2 fully saturated rings. The molecule has 2 nitrogen and oxygen atoms in total. The predicted molar refractivity (Wildman–Crippen MR) is 66.8 cm³/mol. The molecule has 0 aromatic heterocycles. The molecule has 1 aromatic rings. The first-order valence-electron chi connectivity index (χ1n) is 6.61. The molecular formula is C15H20O2. The summed E-state index contributed by atoms with van der Waals surface area (Å²) in [7, 11) is 0. The van der Waals surface area contributed by atoms with E-state index in [1.807, 2.05) is 0 Å². The molecule has 0 radical (unpaired) electrons. The Kier molecular flexibility index (Phi) is 2.72. The van der Waals surface area contributed by atoms with Crippen molar-refractivity contribution in [3.8, 4) is 0 Å². The van der Waals surface area contributed by atoms with E-state index in [-0.39, 0.29) is 18.0 Å². The lowest BCUT2D eigenvalue weighted by Crippen LogP contribution is -2.26. The van der Waals surface area contributed by atoms with Crippen LogP contribution in [0, 0.1) is 6.92 Å². The van der Waals surface area contributed by atoms with Crippen molar-refractivity contribution in [3.63, 3.8) is 0 Å². The Bertz CT molecular complexity index is 407. The van der Waals surface area contributed by atoms with Crippen LogP contribution >= 0.6 is 0 Å². The average Bonchev–Trinajstić information content (AvgIpc) is 2.88. The van der Waals surface area contributed by atoms with Gasteiger partial charge in [0.05, 0.1) is 6.10 Å². The number of aryl methyl sites for hydroxylation is 1. The second-order valence-electron chi connectivity index (χ2n) is 5.34. The zero-order valence-electron chi connectivity index (χ0n) is 10.6. The maximum atomic E-state index is 6.27. The summed E-state index contributed by atoms with van der Waals surface area (Å²) < 4.78 is 12.4. The summed E-state index contributed by atoms with van der Waals surface area (Å²) >= 11 is 0. The van der Waals surface area contributed by atoms with Crippen molar-refractivity contribution in [3.05, 3.63) is 35.4 Å². The minimum atomic E-state index is -0.271. The number of rotatable bonds is 1. The summed E-state index contributed by atoms with van der Waals surface area (Å²) in [6.07, 6.45) is 4.84. The van der Waals surface area contributed by atoms with Gasteiger partial charge < -0.3 is 9.47 Å². The molecule has 2 aliphatic rings. The average molecular weight is 232 g/mol. The Morgan fingerprint density at radius 3 is 2.53 bits per heavy atom. The van der Waals surface area contributed by atoms with E-state index in [0.29, 0.717) is 0 Å². The Labute approximate surface area is 103 Å². The minimum absolute atomic E-state index is 0.106. The molecule has 1 heterocycles. The van der Waals surface area contributed by atoms with E-state index in [1.165, 1.54) is 24.0 Å². The van der Waals surface area contributed by atoms with Crippen molar-refractivity contribution in [1.82, 2.24) is 0 Å². The quantitative estimate of drug-likeness (QED) is 0.734. The van der Waals surface area contributed by atoms with Crippen LogP contribution in [0.15, 0.2) is 24.3 Å². The topological polar surface area (TPSA) is 18.5 Å². The van der Waals surface area contributed by atoms with Crippen LogP contribution in [-0.2, 0) is 9.47 Å². The zero-order chi connectivity index (χ0) is 11.9.